The zero-order valence-corrected chi connectivity index (χ0v) is 13.3. The molecule has 0 saturated heterocycles. The molecule has 1 N–H and O–H groups in total. The molecule has 0 unspecified atom stereocenters. The molecule has 0 aliphatic rings. The average molecular weight is 301 g/mol. The molecule has 3 aromatic rings. The number of imidazole rings is 1. The van der Waals surface area contributed by atoms with Crippen LogP contribution in [0.1, 0.15) is 16.3 Å². The highest BCUT2D eigenvalue weighted by Crippen LogP contribution is 2.24. The highest BCUT2D eigenvalue weighted by Gasteiger charge is 2.16. The van der Waals surface area contributed by atoms with Crippen molar-refractivity contribution in [3.63, 3.8) is 0 Å². The van der Waals surface area contributed by atoms with Crippen LogP contribution in [-0.4, -0.2) is 28.5 Å². The number of hydrogen-bond donors (Lipinski definition) is 1. The number of fused-ring (bicyclic) bond motifs is 1. The Labute approximate surface area is 128 Å². The van der Waals surface area contributed by atoms with Crippen LogP contribution in [0.3, 0.4) is 0 Å². The molecule has 0 atom stereocenters. The van der Waals surface area contributed by atoms with Crippen LogP contribution in [0.15, 0.2) is 29.9 Å². The van der Waals surface area contributed by atoms with Gasteiger partial charge >= 0.3 is 0 Å². The van der Waals surface area contributed by atoms with Crippen LogP contribution in [0.5, 0.6) is 0 Å². The van der Waals surface area contributed by atoms with Crippen LogP contribution in [0.4, 0.5) is 5.82 Å². The molecule has 6 heteroatoms. The largest absolute Gasteiger partial charge is 0.353 e. The van der Waals surface area contributed by atoms with Crippen LogP contribution in [-0.2, 0) is 13.1 Å². The third-order valence-electron chi connectivity index (χ3n) is 3.54. The number of aryl methyl sites for hydroxylation is 1. The Balaban J connectivity index is 1.98. The molecule has 21 heavy (non-hydrogen) atoms. The smallest absolute Gasteiger partial charge is 0.152 e. The van der Waals surface area contributed by atoms with Crippen LogP contribution >= 0.6 is 11.3 Å². The lowest BCUT2D eigenvalue weighted by molar-refractivity contribution is 0.771. The molecule has 0 spiro atoms. The number of nitrogens with one attached hydrogen (secondary N) is 1. The maximum absolute atomic E-state index is 4.77. The van der Waals surface area contributed by atoms with Gasteiger partial charge in [-0.05, 0) is 26.1 Å². The Kier molecular flexibility index (Phi) is 3.90. The number of pyridine rings is 1. The highest BCUT2D eigenvalue weighted by atomic mass is 32.1. The van der Waals surface area contributed by atoms with Crippen molar-refractivity contribution in [3.8, 4) is 0 Å². The molecular formula is C15H19N5S. The zero-order valence-electron chi connectivity index (χ0n) is 12.5. The second-order valence-corrected chi connectivity index (χ2v) is 6.00. The van der Waals surface area contributed by atoms with E-state index >= 15 is 0 Å². The first-order valence-corrected chi connectivity index (χ1v) is 7.79. The normalized spacial score (nSPS) is 11.2. The number of nitrogens with zero attached hydrogens (tertiary/aromatic N) is 4. The Morgan fingerprint density at radius 3 is 2.95 bits per heavy atom. The number of aromatic nitrogens is 3. The van der Waals surface area contributed by atoms with Crippen molar-refractivity contribution in [2.75, 3.05) is 19.0 Å². The van der Waals surface area contributed by atoms with Crippen LogP contribution < -0.4 is 10.2 Å². The fourth-order valence-corrected chi connectivity index (χ4v) is 3.27. The lowest BCUT2D eigenvalue weighted by Gasteiger charge is -2.17. The second kappa shape index (κ2) is 5.83. The molecule has 0 radical (unpaired) electrons. The predicted octanol–water partition coefficient (Wildman–Crippen LogP) is 2.46. The van der Waals surface area contributed by atoms with E-state index < -0.39 is 0 Å². The highest BCUT2D eigenvalue weighted by molar-refractivity contribution is 7.09. The van der Waals surface area contributed by atoms with Crippen molar-refractivity contribution in [1.82, 2.24) is 19.7 Å². The molecule has 3 rings (SSSR count). The van der Waals surface area contributed by atoms with Gasteiger partial charge in [0.05, 0.1) is 23.4 Å². The van der Waals surface area contributed by atoms with Gasteiger partial charge in [-0.2, -0.15) is 0 Å². The maximum atomic E-state index is 4.77. The van der Waals surface area contributed by atoms with Gasteiger partial charge < -0.3 is 14.6 Å². The molecule has 110 valence electrons. The van der Waals surface area contributed by atoms with Gasteiger partial charge in [0, 0.05) is 24.7 Å². The minimum absolute atomic E-state index is 0.784. The predicted molar refractivity (Wildman–Crippen MR) is 86.9 cm³/mol. The molecule has 3 aromatic heterocycles. The second-order valence-electron chi connectivity index (χ2n) is 5.06. The van der Waals surface area contributed by atoms with Crippen LogP contribution in [0.2, 0.25) is 0 Å². The van der Waals surface area contributed by atoms with Gasteiger partial charge in [-0.25, -0.2) is 9.97 Å². The Morgan fingerprint density at radius 2 is 2.24 bits per heavy atom. The summed E-state index contributed by atoms with van der Waals surface area (Å²) >= 11 is 1.70. The van der Waals surface area contributed by atoms with Gasteiger partial charge in [0.15, 0.2) is 5.82 Å². The molecule has 0 aromatic carbocycles. The summed E-state index contributed by atoms with van der Waals surface area (Å²) in [6.45, 7) is 3.67. The lowest BCUT2D eigenvalue weighted by Crippen LogP contribution is -2.20. The first-order valence-electron chi connectivity index (χ1n) is 6.91. The van der Waals surface area contributed by atoms with Crippen molar-refractivity contribution >= 4 is 22.8 Å². The van der Waals surface area contributed by atoms with E-state index in [1.807, 2.05) is 30.8 Å². The summed E-state index contributed by atoms with van der Waals surface area (Å²) in [6, 6.07) is 6.09. The molecule has 0 fully saturated rings. The quantitative estimate of drug-likeness (QED) is 0.786. The van der Waals surface area contributed by atoms with E-state index in [0.29, 0.717) is 0 Å². The number of thiazole rings is 1. The van der Waals surface area contributed by atoms with Gasteiger partial charge in [0.25, 0.3) is 0 Å². The third kappa shape index (κ3) is 2.64. The molecule has 0 saturated carbocycles. The Morgan fingerprint density at radius 1 is 1.38 bits per heavy atom. The zero-order chi connectivity index (χ0) is 14.8. The van der Waals surface area contributed by atoms with E-state index in [-0.39, 0.29) is 0 Å². The SMILES string of the molecule is CNCc1c(N(C)Cc2scnc2C)nc2ccccn12. The van der Waals surface area contributed by atoms with E-state index in [9.17, 15) is 0 Å². The summed E-state index contributed by atoms with van der Waals surface area (Å²) in [5.74, 6) is 1.02. The number of hydrogen-bond acceptors (Lipinski definition) is 5. The summed E-state index contributed by atoms with van der Waals surface area (Å²) in [6.07, 6.45) is 2.06. The first kappa shape index (κ1) is 14.0. The van der Waals surface area contributed by atoms with E-state index in [1.54, 1.807) is 11.3 Å². The fraction of sp³-hybridized carbons (Fsp3) is 0.333. The molecule has 0 aliphatic carbocycles. The molecule has 0 amide bonds. The monoisotopic (exact) mass is 301 g/mol. The Bertz CT molecular complexity index is 745. The van der Waals surface area contributed by atoms with Crippen LogP contribution in [0, 0.1) is 6.92 Å². The summed E-state index contributed by atoms with van der Waals surface area (Å²) < 4.78 is 2.14. The van der Waals surface area contributed by atoms with E-state index in [1.165, 1.54) is 10.6 Å². The molecular weight excluding hydrogens is 282 g/mol. The molecule has 3 heterocycles. The van der Waals surface area contributed by atoms with Crippen LogP contribution in [0.25, 0.3) is 5.65 Å². The van der Waals surface area contributed by atoms with Gasteiger partial charge in [-0.1, -0.05) is 6.07 Å². The van der Waals surface area contributed by atoms with Crippen molar-refractivity contribution < 1.29 is 0 Å². The average Bonchev–Trinajstić information content (AvgIpc) is 3.04. The summed E-state index contributed by atoms with van der Waals surface area (Å²) in [5, 5.41) is 3.23. The third-order valence-corrected chi connectivity index (χ3v) is 4.46. The van der Waals surface area contributed by atoms with E-state index in [2.05, 4.69) is 39.8 Å². The first-order chi connectivity index (χ1) is 10.2. The van der Waals surface area contributed by atoms with Gasteiger partial charge in [0.1, 0.15) is 5.65 Å². The minimum Gasteiger partial charge on any atom is -0.353 e. The van der Waals surface area contributed by atoms with Crippen molar-refractivity contribution in [1.29, 1.82) is 0 Å². The lowest BCUT2D eigenvalue weighted by atomic mass is 10.3. The topological polar surface area (TPSA) is 45.5 Å². The summed E-state index contributed by atoms with van der Waals surface area (Å²) in [7, 11) is 4.04. The van der Waals surface area contributed by atoms with Crippen molar-refractivity contribution in [2.24, 2.45) is 0 Å². The van der Waals surface area contributed by atoms with E-state index in [4.69, 9.17) is 4.98 Å². The molecule has 0 bridgehead atoms. The number of rotatable bonds is 5. The van der Waals surface area contributed by atoms with Crippen molar-refractivity contribution in [3.05, 3.63) is 46.2 Å². The minimum atomic E-state index is 0.784. The van der Waals surface area contributed by atoms with Gasteiger partial charge in [-0.3, -0.25) is 0 Å². The van der Waals surface area contributed by atoms with E-state index in [0.717, 1.165) is 30.2 Å². The van der Waals surface area contributed by atoms with Gasteiger partial charge in [0.2, 0.25) is 0 Å². The standard InChI is InChI=1S/C15H19N5S/c1-11-13(21-10-17-11)9-19(3)15-12(8-16-2)20-7-5-4-6-14(20)18-15/h4-7,10,16H,8-9H2,1-3H3. The number of anilines is 1. The summed E-state index contributed by atoms with van der Waals surface area (Å²) in [5.41, 5.74) is 5.16. The Hall–Kier alpha value is -1.92. The summed E-state index contributed by atoms with van der Waals surface area (Å²) in [4.78, 5) is 12.6. The molecule has 5 nitrogen and oxygen atoms in total. The maximum Gasteiger partial charge on any atom is 0.152 e. The fourth-order valence-electron chi connectivity index (χ4n) is 2.44. The van der Waals surface area contributed by atoms with Crippen molar-refractivity contribution in [2.45, 2.75) is 20.0 Å². The molecule has 0 aliphatic heterocycles. The van der Waals surface area contributed by atoms with Gasteiger partial charge in [-0.15, -0.1) is 11.3 Å².